The Morgan fingerprint density at radius 3 is 2.91 bits per heavy atom. The van der Waals surface area contributed by atoms with Gasteiger partial charge in [-0.3, -0.25) is 4.79 Å². The SMILES string of the molecule is Cc1cnc2ccc(-c3nc(C(=O)NC[C@H]4CCCN4C)c(N)nc3-c3ncco3)cn12. The highest BCUT2D eigenvalue weighted by Crippen LogP contribution is 2.30. The predicted molar refractivity (Wildman–Crippen MR) is 119 cm³/mol. The Balaban J connectivity index is 1.55. The number of likely N-dealkylation sites (N-methyl/N-ethyl adjacent to an activating group) is 1. The molecule has 164 valence electrons. The van der Waals surface area contributed by atoms with Crippen molar-refractivity contribution >= 4 is 17.4 Å². The number of oxazole rings is 1. The van der Waals surface area contributed by atoms with E-state index in [4.69, 9.17) is 10.2 Å². The minimum atomic E-state index is -0.351. The van der Waals surface area contributed by atoms with Crippen LogP contribution in [0.1, 0.15) is 29.0 Å². The van der Waals surface area contributed by atoms with E-state index in [1.807, 2.05) is 29.7 Å². The quantitative estimate of drug-likeness (QED) is 0.491. The third kappa shape index (κ3) is 3.58. The van der Waals surface area contributed by atoms with Crippen molar-refractivity contribution < 1.29 is 9.21 Å². The maximum atomic E-state index is 13.0. The lowest BCUT2D eigenvalue weighted by molar-refractivity contribution is 0.0939. The molecular formula is C22H24N8O2. The van der Waals surface area contributed by atoms with Crippen LogP contribution in [-0.4, -0.2) is 61.3 Å². The molecule has 1 saturated heterocycles. The maximum Gasteiger partial charge on any atom is 0.273 e. The van der Waals surface area contributed by atoms with Gasteiger partial charge in [-0.1, -0.05) is 0 Å². The Kier molecular flexibility index (Phi) is 5.06. The third-order valence-electron chi connectivity index (χ3n) is 5.91. The number of carbonyl (C=O) groups excluding carboxylic acids is 1. The molecule has 5 heterocycles. The van der Waals surface area contributed by atoms with Gasteiger partial charge in [0.1, 0.15) is 17.6 Å². The summed E-state index contributed by atoms with van der Waals surface area (Å²) in [5.41, 5.74) is 9.59. The number of amides is 1. The van der Waals surface area contributed by atoms with Gasteiger partial charge in [0.05, 0.1) is 6.20 Å². The number of carbonyl (C=O) groups is 1. The highest BCUT2D eigenvalue weighted by Gasteiger charge is 2.25. The van der Waals surface area contributed by atoms with E-state index in [1.54, 1.807) is 6.20 Å². The molecule has 0 aliphatic carbocycles. The van der Waals surface area contributed by atoms with Gasteiger partial charge in [-0.15, -0.1) is 0 Å². The fourth-order valence-corrected chi connectivity index (χ4v) is 4.08. The first-order valence-corrected chi connectivity index (χ1v) is 10.5. The summed E-state index contributed by atoms with van der Waals surface area (Å²) in [6.45, 7) is 3.54. The number of pyridine rings is 1. The van der Waals surface area contributed by atoms with E-state index in [1.165, 1.54) is 12.5 Å². The number of likely N-dealkylation sites (tertiary alicyclic amines) is 1. The van der Waals surface area contributed by atoms with E-state index in [-0.39, 0.29) is 23.3 Å². The second kappa shape index (κ2) is 8.04. The van der Waals surface area contributed by atoms with Crippen LogP contribution in [0.3, 0.4) is 0 Å². The van der Waals surface area contributed by atoms with Crippen molar-refractivity contribution in [2.45, 2.75) is 25.8 Å². The zero-order chi connectivity index (χ0) is 22.2. The minimum Gasteiger partial charge on any atom is -0.443 e. The number of nitrogens with zero attached hydrogens (tertiary/aromatic N) is 6. The van der Waals surface area contributed by atoms with Crippen LogP contribution in [0.2, 0.25) is 0 Å². The molecule has 5 rings (SSSR count). The van der Waals surface area contributed by atoms with Gasteiger partial charge in [0, 0.05) is 36.2 Å². The van der Waals surface area contributed by atoms with Crippen LogP contribution in [0, 0.1) is 6.92 Å². The van der Waals surface area contributed by atoms with E-state index in [9.17, 15) is 4.79 Å². The highest BCUT2D eigenvalue weighted by atomic mass is 16.3. The topological polar surface area (TPSA) is 127 Å². The molecule has 0 unspecified atom stereocenters. The molecule has 0 radical (unpaired) electrons. The molecule has 1 amide bonds. The molecular weight excluding hydrogens is 408 g/mol. The van der Waals surface area contributed by atoms with Crippen LogP contribution in [0.4, 0.5) is 5.82 Å². The molecule has 0 saturated carbocycles. The van der Waals surface area contributed by atoms with Gasteiger partial charge in [-0.05, 0) is 45.5 Å². The summed E-state index contributed by atoms with van der Waals surface area (Å²) in [7, 11) is 2.06. The van der Waals surface area contributed by atoms with Gasteiger partial charge in [0.15, 0.2) is 17.2 Å². The number of hydrogen-bond acceptors (Lipinski definition) is 8. The Morgan fingerprint density at radius 1 is 1.28 bits per heavy atom. The van der Waals surface area contributed by atoms with Crippen LogP contribution >= 0.6 is 0 Å². The van der Waals surface area contributed by atoms with Gasteiger partial charge in [0.2, 0.25) is 5.89 Å². The zero-order valence-electron chi connectivity index (χ0n) is 17.9. The Hall–Kier alpha value is -3.79. The molecule has 10 nitrogen and oxygen atoms in total. The summed E-state index contributed by atoms with van der Waals surface area (Å²) in [6, 6.07) is 4.07. The molecule has 1 aliphatic heterocycles. The highest BCUT2D eigenvalue weighted by molar-refractivity contribution is 5.97. The maximum absolute atomic E-state index is 13.0. The number of aryl methyl sites for hydroxylation is 1. The van der Waals surface area contributed by atoms with Crippen LogP contribution < -0.4 is 11.1 Å². The molecule has 4 aromatic rings. The lowest BCUT2D eigenvalue weighted by Gasteiger charge is -2.19. The van der Waals surface area contributed by atoms with E-state index in [2.05, 4.69) is 37.2 Å². The summed E-state index contributed by atoms with van der Waals surface area (Å²) in [6.07, 6.45) is 8.86. The van der Waals surface area contributed by atoms with Crippen LogP contribution in [0.25, 0.3) is 28.5 Å². The summed E-state index contributed by atoms with van der Waals surface area (Å²) in [5, 5.41) is 2.96. The molecule has 0 spiro atoms. The molecule has 4 aromatic heterocycles. The normalized spacial score (nSPS) is 16.6. The van der Waals surface area contributed by atoms with Crippen molar-refractivity contribution in [1.82, 2.24) is 34.6 Å². The number of aromatic nitrogens is 5. The molecule has 32 heavy (non-hydrogen) atoms. The number of hydrogen-bond donors (Lipinski definition) is 2. The summed E-state index contributed by atoms with van der Waals surface area (Å²) in [5.74, 6) is -0.0456. The number of anilines is 1. The smallest absolute Gasteiger partial charge is 0.273 e. The van der Waals surface area contributed by atoms with Crippen molar-refractivity contribution in [1.29, 1.82) is 0 Å². The molecule has 0 aromatic carbocycles. The standard InChI is InChI=1S/C22H24N8O2/c1-13-10-25-16-6-5-14(12-30(13)16)17-18(22-24-7-9-32-22)28-20(23)19(27-17)21(31)26-11-15-4-3-8-29(15)2/h5-7,9-10,12,15H,3-4,8,11H2,1-2H3,(H2,23,28)(H,26,31)/t15-/m1/s1. The monoisotopic (exact) mass is 432 g/mol. The summed E-state index contributed by atoms with van der Waals surface area (Å²) in [4.78, 5) is 32.9. The Bertz CT molecular complexity index is 1280. The Labute approximate surface area is 184 Å². The predicted octanol–water partition coefficient (Wildman–Crippen LogP) is 2.16. The fourth-order valence-electron chi connectivity index (χ4n) is 4.08. The average Bonchev–Trinajstić information content (AvgIpc) is 3.54. The first kappa shape index (κ1) is 20.1. The second-order valence-electron chi connectivity index (χ2n) is 8.02. The fraction of sp³-hybridized carbons (Fsp3) is 0.318. The van der Waals surface area contributed by atoms with Crippen molar-refractivity contribution in [3.8, 4) is 22.8 Å². The lowest BCUT2D eigenvalue weighted by Crippen LogP contribution is -2.38. The van der Waals surface area contributed by atoms with Crippen LogP contribution in [-0.2, 0) is 0 Å². The average molecular weight is 432 g/mol. The number of nitrogens with two attached hydrogens (primary N) is 1. The minimum absolute atomic E-state index is 0.0270. The van der Waals surface area contributed by atoms with Crippen molar-refractivity contribution in [2.75, 3.05) is 25.9 Å². The summed E-state index contributed by atoms with van der Waals surface area (Å²) >= 11 is 0. The van der Waals surface area contributed by atoms with Gasteiger partial charge >= 0.3 is 0 Å². The Morgan fingerprint density at radius 2 is 2.16 bits per heavy atom. The van der Waals surface area contributed by atoms with E-state index >= 15 is 0 Å². The van der Waals surface area contributed by atoms with Crippen molar-refractivity contribution in [3.05, 3.63) is 48.4 Å². The number of nitrogen functional groups attached to an aromatic ring is 1. The second-order valence-corrected chi connectivity index (χ2v) is 8.02. The van der Waals surface area contributed by atoms with Gasteiger partial charge in [-0.25, -0.2) is 19.9 Å². The third-order valence-corrected chi connectivity index (χ3v) is 5.91. The first-order valence-electron chi connectivity index (χ1n) is 10.5. The van der Waals surface area contributed by atoms with E-state index < -0.39 is 0 Å². The number of imidazole rings is 1. The first-order chi connectivity index (χ1) is 15.5. The molecule has 1 fully saturated rings. The molecule has 1 aliphatic rings. The molecule has 1 atom stereocenters. The molecule has 3 N–H and O–H groups in total. The number of nitrogens with one attached hydrogen (secondary N) is 1. The molecule has 0 bridgehead atoms. The number of rotatable bonds is 5. The van der Waals surface area contributed by atoms with Crippen molar-refractivity contribution in [3.63, 3.8) is 0 Å². The van der Waals surface area contributed by atoms with E-state index in [0.29, 0.717) is 24.0 Å². The van der Waals surface area contributed by atoms with Gasteiger partial charge < -0.3 is 24.8 Å². The zero-order valence-corrected chi connectivity index (χ0v) is 17.9. The summed E-state index contributed by atoms with van der Waals surface area (Å²) < 4.78 is 7.41. The van der Waals surface area contributed by atoms with Gasteiger partial charge in [-0.2, -0.15) is 0 Å². The van der Waals surface area contributed by atoms with Crippen LogP contribution in [0.5, 0.6) is 0 Å². The molecule has 10 heteroatoms. The van der Waals surface area contributed by atoms with Crippen molar-refractivity contribution in [2.24, 2.45) is 0 Å². The number of fused-ring (bicyclic) bond motifs is 1. The lowest BCUT2D eigenvalue weighted by atomic mass is 10.1. The van der Waals surface area contributed by atoms with Gasteiger partial charge in [0.25, 0.3) is 5.91 Å². The van der Waals surface area contributed by atoms with Crippen LogP contribution in [0.15, 0.2) is 41.4 Å². The van der Waals surface area contributed by atoms with E-state index in [0.717, 1.165) is 36.3 Å². The largest absolute Gasteiger partial charge is 0.443 e.